The molecule has 0 bridgehead atoms. The smallest absolute Gasteiger partial charge is 0.322 e. The van der Waals surface area contributed by atoms with Gasteiger partial charge in [0.2, 0.25) is 4.96 Å². The molecule has 0 saturated heterocycles. The first-order valence-electron chi connectivity index (χ1n) is 2.74. The number of nitrogen functional groups attached to an aromatic ring is 1. The molecule has 7 heteroatoms. The van der Waals surface area contributed by atoms with E-state index in [2.05, 4.69) is 10.1 Å². The first-order valence-corrected chi connectivity index (χ1v) is 3.56. The van der Waals surface area contributed by atoms with E-state index in [0.717, 1.165) is 15.9 Å². The van der Waals surface area contributed by atoms with Crippen molar-refractivity contribution in [1.29, 1.82) is 0 Å². The van der Waals surface area contributed by atoms with Crippen LogP contribution < -0.4 is 10.6 Å². The van der Waals surface area contributed by atoms with Gasteiger partial charge in [-0.05, 0) is 11.3 Å². The predicted molar refractivity (Wildman–Crippen MR) is 39.8 cm³/mol. The number of nitrogens with two attached hydrogens (primary N) is 1. The molecule has 2 heterocycles. The fraction of sp³-hybridized carbons (Fsp3) is 0. The first kappa shape index (κ1) is 6.23. The van der Waals surface area contributed by atoms with Crippen LogP contribution in [0.4, 0.5) is 5.82 Å². The molecule has 0 aliphatic carbocycles. The maximum atomic E-state index is 10.7. The van der Waals surface area contributed by atoms with E-state index in [9.17, 15) is 4.79 Å². The Morgan fingerprint density at radius 1 is 1.73 bits per heavy atom. The van der Waals surface area contributed by atoms with Gasteiger partial charge in [-0.2, -0.15) is 9.50 Å². The SMILES string of the molecule is Nc1nc2sc(=O)[nH]n2c1O. The van der Waals surface area contributed by atoms with Crippen LogP contribution in [0.2, 0.25) is 0 Å². The number of aromatic nitrogens is 3. The van der Waals surface area contributed by atoms with Crippen molar-refractivity contribution in [2.75, 3.05) is 5.73 Å². The minimum Gasteiger partial charge on any atom is -0.491 e. The van der Waals surface area contributed by atoms with E-state index in [-0.39, 0.29) is 16.6 Å². The largest absolute Gasteiger partial charge is 0.491 e. The minimum absolute atomic E-state index is 0.0208. The number of imidazole rings is 1. The highest BCUT2D eigenvalue weighted by Gasteiger charge is 2.09. The lowest BCUT2D eigenvalue weighted by Crippen LogP contribution is -1.96. The molecular weight excluding hydrogens is 168 g/mol. The predicted octanol–water partition coefficient (Wildman–Crippen LogP) is -0.628. The van der Waals surface area contributed by atoms with Gasteiger partial charge in [0.05, 0.1) is 0 Å². The van der Waals surface area contributed by atoms with Gasteiger partial charge in [-0.1, -0.05) is 0 Å². The Morgan fingerprint density at radius 3 is 3.09 bits per heavy atom. The van der Waals surface area contributed by atoms with E-state index in [1.165, 1.54) is 0 Å². The molecule has 0 unspecified atom stereocenters. The Labute approximate surface area is 63.9 Å². The third-order valence-corrected chi connectivity index (χ3v) is 1.97. The minimum atomic E-state index is -0.275. The molecule has 2 rings (SSSR count). The lowest BCUT2D eigenvalue weighted by Gasteiger charge is -1.85. The third-order valence-electron chi connectivity index (χ3n) is 1.24. The summed E-state index contributed by atoms with van der Waals surface area (Å²) in [4.78, 5) is 14.5. The standard InChI is InChI=1S/C4H4N4O2S/c5-1-2(9)8-3(6-1)11-4(10)7-8/h9H,5H2,(H,7,10). The van der Waals surface area contributed by atoms with Gasteiger partial charge in [0.25, 0.3) is 5.88 Å². The van der Waals surface area contributed by atoms with Gasteiger partial charge in [0.1, 0.15) is 0 Å². The van der Waals surface area contributed by atoms with Crippen molar-refractivity contribution in [2.45, 2.75) is 0 Å². The molecule has 2 aromatic rings. The first-order chi connectivity index (χ1) is 5.18. The number of hydrogen-bond donors (Lipinski definition) is 3. The van der Waals surface area contributed by atoms with Crippen LogP contribution in [-0.2, 0) is 0 Å². The second-order valence-electron chi connectivity index (χ2n) is 1.94. The molecule has 0 atom stereocenters. The maximum Gasteiger partial charge on any atom is 0.322 e. The average Bonchev–Trinajstić information content (AvgIpc) is 2.37. The van der Waals surface area contributed by atoms with Crippen LogP contribution in [0.3, 0.4) is 0 Å². The zero-order valence-electron chi connectivity index (χ0n) is 5.24. The molecule has 11 heavy (non-hydrogen) atoms. The van der Waals surface area contributed by atoms with Gasteiger partial charge in [-0.15, -0.1) is 0 Å². The van der Waals surface area contributed by atoms with Gasteiger partial charge in [-0.25, -0.2) is 5.10 Å². The Bertz CT molecular complexity index is 452. The molecular formula is C4H4N4O2S. The van der Waals surface area contributed by atoms with Crippen molar-refractivity contribution in [3.8, 4) is 5.88 Å². The van der Waals surface area contributed by atoms with Crippen molar-refractivity contribution >= 4 is 22.1 Å². The summed E-state index contributed by atoms with van der Waals surface area (Å²) in [5.41, 5.74) is 5.25. The number of nitrogens with zero attached hydrogens (tertiary/aromatic N) is 2. The van der Waals surface area contributed by atoms with E-state index in [0.29, 0.717) is 4.96 Å². The van der Waals surface area contributed by atoms with Crippen LogP contribution >= 0.6 is 11.3 Å². The van der Waals surface area contributed by atoms with E-state index >= 15 is 0 Å². The number of hydrogen-bond acceptors (Lipinski definition) is 5. The molecule has 4 N–H and O–H groups in total. The lowest BCUT2D eigenvalue weighted by atomic mass is 10.7. The summed E-state index contributed by atoms with van der Waals surface area (Å²) in [6, 6.07) is 0. The number of fused-ring (bicyclic) bond motifs is 1. The fourth-order valence-electron chi connectivity index (χ4n) is 0.774. The molecule has 0 aliphatic rings. The van der Waals surface area contributed by atoms with E-state index < -0.39 is 0 Å². The highest BCUT2D eigenvalue weighted by Crippen LogP contribution is 2.20. The Morgan fingerprint density at radius 2 is 2.45 bits per heavy atom. The van der Waals surface area contributed by atoms with Gasteiger partial charge in [0, 0.05) is 0 Å². The topological polar surface area (TPSA) is 96.4 Å². The second kappa shape index (κ2) is 1.76. The normalized spacial score (nSPS) is 10.9. The molecule has 6 nitrogen and oxygen atoms in total. The molecule has 0 fully saturated rings. The Hall–Kier alpha value is -1.50. The van der Waals surface area contributed by atoms with Crippen LogP contribution in [0.15, 0.2) is 4.79 Å². The summed E-state index contributed by atoms with van der Waals surface area (Å²) >= 11 is 0.888. The second-order valence-corrected chi connectivity index (χ2v) is 2.88. The number of rotatable bonds is 0. The molecule has 58 valence electrons. The highest BCUT2D eigenvalue weighted by molar-refractivity contribution is 7.14. The van der Waals surface area contributed by atoms with E-state index in [1.54, 1.807) is 0 Å². The van der Waals surface area contributed by atoms with Crippen LogP contribution in [0.5, 0.6) is 5.88 Å². The van der Waals surface area contributed by atoms with Crippen molar-refractivity contribution in [3.63, 3.8) is 0 Å². The Balaban J connectivity index is 2.99. The zero-order valence-corrected chi connectivity index (χ0v) is 6.05. The van der Waals surface area contributed by atoms with Gasteiger partial charge >= 0.3 is 4.87 Å². The van der Waals surface area contributed by atoms with E-state index in [4.69, 9.17) is 10.8 Å². The highest BCUT2D eigenvalue weighted by atomic mass is 32.1. The molecule has 2 aromatic heterocycles. The third kappa shape index (κ3) is 0.709. The lowest BCUT2D eigenvalue weighted by molar-refractivity contribution is 0.442. The van der Waals surface area contributed by atoms with Gasteiger partial charge in [-0.3, -0.25) is 4.79 Å². The zero-order chi connectivity index (χ0) is 8.01. The molecule has 0 aliphatic heterocycles. The van der Waals surface area contributed by atoms with Crippen molar-refractivity contribution in [1.82, 2.24) is 14.6 Å². The number of aromatic hydroxyl groups is 1. The van der Waals surface area contributed by atoms with Gasteiger partial charge in [0.15, 0.2) is 5.82 Å². The van der Waals surface area contributed by atoms with Crippen LogP contribution in [-0.4, -0.2) is 19.7 Å². The summed E-state index contributed by atoms with van der Waals surface area (Å²) in [6.45, 7) is 0. The summed E-state index contributed by atoms with van der Waals surface area (Å²) in [5.74, 6) is -0.203. The number of anilines is 1. The number of aromatic amines is 1. The van der Waals surface area contributed by atoms with Crippen molar-refractivity contribution in [2.24, 2.45) is 0 Å². The monoisotopic (exact) mass is 172 g/mol. The summed E-state index contributed by atoms with van der Waals surface area (Å²) in [7, 11) is 0. The van der Waals surface area contributed by atoms with Crippen molar-refractivity contribution < 1.29 is 5.11 Å². The summed E-state index contributed by atoms with van der Waals surface area (Å²) < 4.78 is 1.14. The van der Waals surface area contributed by atoms with Gasteiger partial charge < -0.3 is 10.8 Å². The average molecular weight is 172 g/mol. The maximum absolute atomic E-state index is 10.7. The molecule has 0 radical (unpaired) electrons. The Kier molecular flexibility index (Phi) is 0.994. The molecule has 0 saturated carbocycles. The molecule has 0 amide bonds. The number of H-pyrrole nitrogens is 1. The fourth-order valence-corrected chi connectivity index (χ4v) is 1.44. The summed E-state index contributed by atoms with van der Waals surface area (Å²) in [5, 5.41) is 11.5. The molecule has 0 spiro atoms. The summed E-state index contributed by atoms with van der Waals surface area (Å²) in [6.07, 6.45) is 0. The van der Waals surface area contributed by atoms with Crippen LogP contribution in [0.25, 0.3) is 4.96 Å². The van der Waals surface area contributed by atoms with E-state index in [1.807, 2.05) is 0 Å². The number of nitrogens with one attached hydrogen (secondary N) is 1. The van der Waals surface area contributed by atoms with Crippen LogP contribution in [0.1, 0.15) is 0 Å². The van der Waals surface area contributed by atoms with Crippen LogP contribution in [0, 0.1) is 0 Å². The molecule has 0 aromatic carbocycles. The van der Waals surface area contributed by atoms with Crippen molar-refractivity contribution in [3.05, 3.63) is 9.67 Å². The quantitative estimate of drug-likeness (QED) is 0.493.